The first-order chi connectivity index (χ1) is 11.4. The molecule has 108 valence electrons. The van der Waals surface area contributed by atoms with Crippen LogP contribution >= 0.6 is 0 Å². The lowest BCUT2D eigenvalue weighted by atomic mass is 10.0. The molecule has 0 unspecified atom stereocenters. The zero-order chi connectivity index (χ0) is 15.2. The molecule has 0 N–H and O–H groups in total. The fourth-order valence-corrected chi connectivity index (χ4v) is 3.27. The van der Waals surface area contributed by atoms with Crippen molar-refractivity contribution in [3.05, 3.63) is 84.9 Å². The second-order valence-electron chi connectivity index (χ2n) is 5.87. The summed E-state index contributed by atoms with van der Waals surface area (Å²) in [6, 6.07) is 29.7. The second-order valence-corrected chi connectivity index (χ2v) is 5.87. The van der Waals surface area contributed by atoms with Crippen LogP contribution in [0.4, 0.5) is 0 Å². The zero-order valence-corrected chi connectivity index (χ0v) is 12.5. The number of hydrogen-bond acceptors (Lipinski definition) is 1. The summed E-state index contributed by atoms with van der Waals surface area (Å²) < 4.78 is 6.00. The van der Waals surface area contributed by atoms with Gasteiger partial charge in [0, 0.05) is 10.8 Å². The molecule has 0 saturated heterocycles. The molecule has 5 aromatic rings. The lowest BCUT2D eigenvalue weighted by Gasteiger charge is -2.04. The normalized spacial score (nSPS) is 11.5. The van der Waals surface area contributed by atoms with E-state index in [4.69, 9.17) is 4.42 Å². The van der Waals surface area contributed by atoms with Gasteiger partial charge in [-0.05, 0) is 46.2 Å². The van der Waals surface area contributed by atoms with Gasteiger partial charge in [0.05, 0.1) is 0 Å². The number of fused-ring (bicyclic) bond motifs is 4. The monoisotopic (exact) mass is 294 g/mol. The van der Waals surface area contributed by atoms with Crippen molar-refractivity contribution in [2.75, 3.05) is 0 Å². The topological polar surface area (TPSA) is 13.1 Å². The average molecular weight is 294 g/mol. The first-order valence-corrected chi connectivity index (χ1v) is 7.79. The van der Waals surface area contributed by atoms with Gasteiger partial charge in [-0.25, -0.2) is 0 Å². The highest BCUT2D eigenvalue weighted by Crippen LogP contribution is 2.32. The standard InChI is InChI=1S/C22H14O/c1-2-6-16-13-17(10-9-15(16)5-1)18-11-12-20-19-7-3-4-8-21(19)23-22(20)14-18/h1-14H. The Morgan fingerprint density at radius 1 is 0.478 bits per heavy atom. The molecule has 0 aliphatic heterocycles. The van der Waals surface area contributed by atoms with E-state index in [9.17, 15) is 0 Å². The van der Waals surface area contributed by atoms with Crippen molar-refractivity contribution in [3.63, 3.8) is 0 Å². The first-order valence-electron chi connectivity index (χ1n) is 7.79. The summed E-state index contributed by atoms with van der Waals surface area (Å²) >= 11 is 0. The molecule has 1 aromatic heterocycles. The van der Waals surface area contributed by atoms with Gasteiger partial charge in [-0.2, -0.15) is 0 Å². The van der Waals surface area contributed by atoms with Gasteiger partial charge in [-0.1, -0.05) is 60.7 Å². The van der Waals surface area contributed by atoms with E-state index < -0.39 is 0 Å². The van der Waals surface area contributed by atoms with E-state index in [2.05, 4.69) is 72.8 Å². The van der Waals surface area contributed by atoms with Gasteiger partial charge in [-0.15, -0.1) is 0 Å². The van der Waals surface area contributed by atoms with E-state index in [1.807, 2.05) is 12.1 Å². The van der Waals surface area contributed by atoms with Crippen LogP contribution in [0.15, 0.2) is 89.3 Å². The quantitative estimate of drug-likeness (QED) is 0.348. The molecule has 0 radical (unpaired) electrons. The smallest absolute Gasteiger partial charge is 0.136 e. The molecule has 1 heterocycles. The molecule has 1 heteroatoms. The molecular formula is C22H14O. The summed E-state index contributed by atoms with van der Waals surface area (Å²) in [7, 11) is 0. The predicted molar refractivity (Wildman–Crippen MR) is 96.7 cm³/mol. The molecule has 0 atom stereocenters. The Hall–Kier alpha value is -3.06. The number of benzene rings is 4. The van der Waals surface area contributed by atoms with Crippen molar-refractivity contribution in [2.24, 2.45) is 0 Å². The third kappa shape index (κ3) is 1.94. The van der Waals surface area contributed by atoms with Gasteiger partial charge in [0.1, 0.15) is 11.2 Å². The minimum Gasteiger partial charge on any atom is -0.456 e. The van der Waals surface area contributed by atoms with E-state index in [1.165, 1.54) is 32.7 Å². The van der Waals surface area contributed by atoms with E-state index in [0.29, 0.717) is 0 Å². The largest absolute Gasteiger partial charge is 0.456 e. The highest BCUT2D eigenvalue weighted by atomic mass is 16.3. The van der Waals surface area contributed by atoms with Crippen molar-refractivity contribution < 1.29 is 4.42 Å². The number of rotatable bonds is 1. The molecule has 4 aromatic carbocycles. The van der Waals surface area contributed by atoms with Gasteiger partial charge >= 0.3 is 0 Å². The van der Waals surface area contributed by atoms with E-state index >= 15 is 0 Å². The second kappa shape index (κ2) is 4.72. The van der Waals surface area contributed by atoms with E-state index in [-0.39, 0.29) is 0 Å². The third-order valence-corrected chi connectivity index (χ3v) is 4.46. The molecule has 23 heavy (non-hydrogen) atoms. The van der Waals surface area contributed by atoms with Crippen molar-refractivity contribution >= 4 is 32.7 Å². The average Bonchev–Trinajstić information content (AvgIpc) is 2.99. The Balaban J connectivity index is 1.73. The van der Waals surface area contributed by atoms with Crippen LogP contribution in [-0.4, -0.2) is 0 Å². The Morgan fingerprint density at radius 3 is 2.13 bits per heavy atom. The van der Waals surface area contributed by atoms with Crippen molar-refractivity contribution in [1.82, 2.24) is 0 Å². The molecule has 0 bridgehead atoms. The minimum absolute atomic E-state index is 0.942. The molecule has 0 spiro atoms. The maximum absolute atomic E-state index is 6.00. The highest BCUT2D eigenvalue weighted by molar-refractivity contribution is 6.06. The van der Waals surface area contributed by atoms with Crippen molar-refractivity contribution in [2.45, 2.75) is 0 Å². The summed E-state index contributed by atoms with van der Waals surface area (Å²) in [6.45, 7) is 0. The Morgan fingerprint density at radius 2 is 1.17 bits per heavy atom. The maximum Gasteiger partial charge on any atom is 0.136 e. The number of furan rings is 1. The maximum atomic E-state index is 6.00. The van der Waals surface area contributed by atoms with Gasteiger partial charge in [0.15, 0.2) is 0 Å². The lowest BCUT2D eigenvalue weighted by molar-refractivity contribution is 0.669. The fourth-order valence-electron chi connectivity index (χ4n) is 3.27. The molecule has 0 amide bonds. The molecule has 0 fully saturated rings. The molecule has 1 nitrogen and oxygen atoms in total. The lowest BCUT2D eigenvalue weighted by Crippen LogP contribution is -1.79. The molecular weight excluding hydrogens is 280 g/mol. The van der Waals surface area contributed by atoms with Crippen LogP contribution in [0.25, 0.3) is 43.8 Å². The zero-order valence-electron chi connectivity index (χ0n) is 12.5. The summed E-state index contributed by atoms with van der Waals surface area (Å²) in [5, 5.41) is 4.87. The SMILES string of the molecule is c1ccc2cc(-c3ccc4c(c3)oc3ccccc34)ccc2c1. The first kappa shape index (κ1) is 12.5. The number of hydrogen-bond donors (Lipinski definition) is 0. The third-order valence-electron chi connectivity index (χ3n) is 4.46. The molecule has 0 aliphatic carbocycles. The minimum atomic E-state index is 0.942. The summed E-state index contributed by atoms with van der Waals surface area (Å²) in [5.41, 5.74) is 4.28. The molecule has 0 saturated carbocycles. The van der Waals surface area contributed by atoms with Crippen LogP contribution in [0.5, 0.6) is 0 Å². The summed E-state index contributed by atoms with van der Waals surface area (Å²) in [6.07, 6.45) is 0. The van der Waals surface area contributed by atoms with Crippen LogP contribution in [0.2, 0.25) is 0 Å². The number of para-hydroxylation sites is 1. The van der Waals surface area contributed by atoms with Gasteiger partial charge in [0.25, 0.3) is 0 Å². The summed E-state index contributed by atoms with van der Waals surface area (Å²) in [5.74, 6) is 0. The highest BCUT2D eigenvalue weighted by Gasteiger charge is 2.08. The van der Waals surface area contributed by atoms with Crippen molar-refractivity contribution in [1.29, 1.82) is 0 Å². The van der Waals surface area contributed by atoms with Crippen LogP contribution < -0.4 is 0 Å². The fraction of sp³-hybridized carbons (Fsp3) is 0. The van der Waals surface area contributed by atoms with Crippen molar-refractivity contribution in [3.8, 4) is 11.1 Å². The van der Waals surface area contributed by atoms with Crippen LogP contribution in [0, 0.1) is 0 Å². The van der Waals surface area contributed by atoms with Crippen LogP contribution in [0.3, 0.4) is 0 Å². The van der Waals surface area contributed by atoms with Gasteiger partial charge < -0.3 is 4.42 Å². The Bertz CT molecular complexity index is 1160. The van der Waals surface area contributed by atoms with Gasteiger partial charge in [-0.3, -0.25) is 0 Å². The van der Waals surface area contributed by atoms with Gasteiger partial charge in [0.2, 0.25) is 0 Å². The Labute approximate surface area is 133 Å². The summed E-state index contributed by atoms with van der Waals surface area (Å²) in [4.78, 5) is 0. The predicted octanol–water partition coefficient (Wildman–Crippen LogP) is 6.41. The molecule has 5 rings (SSSR count). The van der Waals surface area contributed by atoms with Crippen LogP contribution in [0.1, 0.15) is 0 Å². The van der Waals surface area contributed by atoms with E-state index in [0.717, 1.165) is 11.2 Å². The Kier molecular flexibility index (Phi) is 2.56. The van der Waals surface area contributed by atoms with Crippen LogP contribution in [-0.2, 0) is 0 Å². The molecule has 0 aliphatic rings. The van der Waals surface area contributed by atoms with E-state index in [1.54, 1.807) is 0 Å².